The van der Waals surface area contributed by atoms with E-state index in [1.807, 2.05) is 12.1 Å². The van der Waals surface area contributed by atoms with Gasteiger partial charge in [-0.15, -0.1) is 0 Å². The Morgan fingerprint density at radius 2 is 1.91 bits per heavy atom. The zero-order chi connectivity index (χ0) is 14.9. The third-order valence-corrected chi connectivity index (χ3v) is 4.59. The summed E-state index contributed by atoms with van der Waals surface area (Å²) in [6.45, 7) is 2.94. The van der Waals surface area contributed by atoms with Gasteiger partial charge in [0.25, 0.3) is 0 Å². The van der Waals surface area contributed by atoms with Gasteiger partial charge in [-0.3, -0.25) is 0 Å². The Kier molecular flexibility index (Phi) is 3.43. The fourth-order valence-electron chi connectivity index (χ4n) is 3.44. The van der Waals surface area contributed by atoms with E-state index >= 15 is 0 Å². The third kappa shape index (κ3) is 2.42. The maximum Gasteiger partial charge on any atom is 0.123 e. The fourth-order valence-corrected chi connectivity index (χ4v) is 3.44. The van der Waals surface area contributed by atoms with Gasteiger partial charge < -0.3 is 9.88 Å². The summed E-state index contributed by atoms with van der Waals surface area (Å²) in [6, 6.07) is 15.4. The summed E-state index contributed by atoms with van der Waals surface area (Å²) in [7, 11) is 0. The highest BCUT2D eigenvalue weighted by atomic mass is 19.1. The number of para-hydroxylation sites is 1. The fraction of sp³-hybridized carbons (Fsp3) is 0.263. The average Bonchev–Trinajstić information content (AvgIpc) is 3.18. The summed E-state index contributed by atoms with van der Waals surface area (Å²) in [6.07, 6.45) is 3.48. The molecule has 1 aliphatic heterocycles. The first kappa shape index (κ1) is 13.5. The van der Waals surface area contributed by atoms with Crippen molar-refractivity contribution in [1.82, 2.24) is 9.88 Å². The van der Waals surface area contributed by atoms with Crippen LogP contribution in [0.25, 0.3) is 10.9 Å². The van der Waals surface area contributed by atoms with Gasteiger partial charge in [0.15, 0.2) is 0 Å². The highest BCUT2D eigenvalue weighted by Gasteiger charge is 2.21. The van der Waals surface area contributed by atoms with E-state index < -0.39 is 0 Å². The van der Waals surface area contributed by atoms with Gasteiger partial charge in [0.1, 0.15) is 5.82 Å². The molecule has 0 amide bonds. The minimum absolute atomic E-state index is 0.182. The number of benzene rings is 2. The molecule has 1 aliphatic rings. The quantitative estimate of drug-likeness (QED) is 0.775. The van der Waals surface area contributed by atoms with Crippen molar-refractivity contribution >= 4 is 10.9 Å². The molecule has 1 saturated heterocycles. The predicted molar refractivity (Wildman–Crippen MR) is 87.7 cm³/mol. The Hall–Kier alpha value is -2.13. The van der Waals surface area contributed by atoms with Crippen LogP contribution in [0.4, 0.5) is 4.39 Å². The van der Waals surface area contributed by atoms with Crippen molar-refractivity contribution in [2.24, 2.45) is 0 Å². The van der Waals surface area contributed by atoms with E-state index in [-0.39, 0.29) is 5.82 Å². The minimum Gasteiger partial charge on any atom is -0.343 e. The van der Waals surface area contributed by atoms with E-state index in [9.17, 15) is 4.39 Å². The van der Waals surface area contributed by atoms with E-state index in [1.54, 1.807) is 0 Å². The second kappa shape index (κ2) is 5.58. The number of aromatic nitrogens is 1. The number of nitrogens with zero attached hydrogens (tertiary/aromatic N) is 1. The summed E-state index contributed by atoms with van der Waals surface area (Å²) in [5.41, 5.74) is 3.81. The van der Waals surface area contributed by atoms with Crippen molar-refractivity contribution in [2.75, 3.05) is 13.1 Å². The van der Waals surface area contributed by atoms with Crippen molar-refractivity contribution in [2.45, 2.75) is 18.9 Å². The van der Waals surface area contributed by atoms with Crippen molar-refractivity contribution in [1.29, 1.82) is 0 Å². The van der Waals surface area contributed by atoms with Crippen molar-refractivity contribution in [3.63, 3.8) is 0 Å². The van der Waals surface area contributed by atoms with Gasteiger partial charge in [-0.2, -0.15) is 0 Å². The van der Waals surface area contributed by atoms with Crippen LogP contribution < -0.4 is 5.32 Å². The number of fused-ring (bicyclic) bond motifs is 1. The number of nitrogens with one attached hydrogen (secondary N) is 1. The van der Waals surface area contributed by atoms with Crippen LogP contribution in [0.15, 0.2) is 54.7 Å². The molecule has 2 aromatic carbocycles. The van der Waals surface area contributed by atoms with Crippen LogP contribution in [0.2, 0.25) is 0 Å². The molecule has 0 bridgehead atoms. The van der Waals surface area contributed by atoms with Crippen LogP contribution in [0.5, 0.6) is 0 Å². The maximum absolute atomic E-state index is 13.1. The first-order valence-corrected chi connectivity index (χ1v) is 7.84. The van der Waals surface area contributed by atoms with E-state index in [2.05, 4.69) is 40.3 Å². The van der Waals surface area contributed by atoms with Crippen LogP contribution in [0.3, 0.4) is 0 Å². The van der Waals surface area contributed by atoms with E-state index in [4.69, 9.17) is 0 Å². The number of halogens is 1. The number of hydrogen-bond acceptors (Lipinski definition) is 1. The van der Waals surface area contributed by atoms with Gasteiger partial charge in [0.05, 0.1) is 0 Å². The van der Waals surface area contributed by atoms with Crippen LogP contribution >= 0.6 is 0 Å². The first-order chi connectivity index (χ1) is 10.8. The molecule has 22 heavy (non-hydrogen) atoms. The molecule has 0 aliphatic carbocycles. The molecule has 1 atom stereocenters. The monoisotopic (exact) mass is 294 g/mol. The summed E-state index contributed by atoms with van der Waals surface area (Å²) < 4.78 is 15.4. The molecule has 0 saturated carbocycles. The zero-order valence-electron chi connectivity index (χ0n) is 12.4. The SMILES string of the molecule is Fc1ccc(Cn2cc(C3CCNC3)c3ccccc32)cc1. The molecular formula is C19H19FN2. The second-order valence-corrected chi connectivity index (χ2v) is 6.05. The Labute approximate surface area is 129 Å². The van der Waals surface area contributed by atoms with E-state index in [0.717, 1.165) is 25.2 Å². The van der Waals surface area contributed by atoms with Gasteiger partial charge in [0.2, 0.25) is 0 Å². The lowest BCUT2D eigenvalue weighted by Gasteiger charge is -2.06. The van der Waals surface area contributed by atoms with Gasteiger partial charge >= 0.3 is 0 Å². The first-order valence-electron chi connectivity index (χ1n) is 7.84. The Bertz CT molecular complexity index is 783. The third-order valence-electron chi connectivity index (χ3n) is 4.59. The lowest BCUT2D eigenvalue weighted by atomic mass is 9.98. The summed E-state index contributed by atoms with van der Waals surface area (Å²) in [5.74, 6) is 0.415. The summed E-state index contributed by atoms with van der Waals surface area (Å²) >= 11 is 0. The molecule has 1 aromatic heterocycles. The molecule has 1 N–H and O–H groups in total. The number of rotatable bonds is 3. The molecule has 3 heteroatoms. The lowest BCUT2D eigenvalue weighted by Crippen LogP contribution is -2.07. The lowest BCUT2D eigenvalue weighted by molar-refractivity contribution is 0.626. The smallest absolute Gasteiger partial charge is 0.123 e. The van der Waals surface area contributed by atoms with E-state index in [0.29, 0.717) is 5.92 Å². The Morgan fingerprint density at radius 1 is 1.09 bits per heavy atom. The molecule has 2 heterocycles. The standard InChI is InChI=1S/C19H19FN2/c20-16-7-5-14(6-8-16)12-22-13-18(15-9-10-21-11-15)17-3-1-2-4-19(17)22/h1-8,13,15,21H,9-12H2. The molecule has 3 aromatic rings. The molecule has 112 valence electrons. The van der Waals surface area contributed by atoms with Crippen LogP contribution in [0, 0.1) is 5.82 Å². The van der Waals surface area contributed by atoms with Gasteiger partial charge in [-0.05, 0) is 48.2 Å². The predicted octanol–water partition coefficient (Wildman–Crippen LogP) is 3.91. The molecule has 0 spiro atoms. The summed E-state index contributed by atoms with van der Waals surface area (Å²) in [5, 5.41) is 4.80. The largest absolute Gasteiger partial charge is 0.343 e. The normalized spacial score (nSPS) is 18.1. The average molecular weight is 294 g/mol. The van der Waals surface area contributed by atoms with Gasteiger partial charge in [-0.1, -0.05) is 30.3 Å². The zero-order valence-corrected chi connectivity index (χ0v) is 12.4. The molecule has 1 fully saturated rings. The maximum atomic E-state index is 13.1. The number of hydrogen-bond donors (Lipinski definition) is 1. The summed E-state index contributed by atoms with van der Waals surface area (Å²) in [4.78, 5) is 0. The van der Waals surface area contributed by atoms with Crippen molar-refractivity contribution < 1.29 is 4.39 Å². The van der Waals surface area contributed by atoms with E-state index in [1.165, 1.54) is 35.0 Å². The molecule has 2 nitrogen and oxygen atoms in total. The minimum atomic E-state index is -0.182. The topological polar surface area (TPSA) is 17.0 Å². The van der Waals surface area contributed by atoms with Crippen molar-refractivity contribution in [3.8, 4) is 0 Å². The van der Waals surface area contributed by atoms with Crippen LogP contribution in [-0.4, -0.2) is 17.7 Å². The second-order valence-electron chi connectivity index (χ2n) is 6.05. The molecular weight excluding hydrogens is 275 g/mol. The Balaban J connectivity index is 1.75. The van der Waals surface area contributed by atoms with Crippen LogP contribution in [-0.2, 0) is 6.54 Å². The highest BCUT2D eigenvalue weighted by Crippen LogP contribution is 2.31. The Morgan fingerprint density at radius 3 is 2.68 bits per heavy atom. The van der Waals surface area contributed by atoms with Crippen molar-refractivity contribution in [3.05, 3.63) is 71.7 Å². The molecule has 0 radical (unpaired) electrons. The van der Waals surface area contributed by atoms with Gasteiger partial charge in [0, 0.05) is 30.2 Å². The molecule has 1 unspecified atom stereocenters. The highest BCUT2D eigenvalue weighted by molar-refractivity contribution is 5.84. The molecule has 4 rings (SSSR count). The van der Waals surface area contributed by atoms with Gasteiger partial charge in [-0.25, -0.2) is 4.39 Å². The van der Waals surface area contributed by atoms with Crippen LogP contribution in [0.1, 0.15) is 23.5 Å².